The molecule has 0 bridgehead atoms. The lowest BCUT2D eigenvalue weighted by Crippen LogP contribution is -2.44. The van der Waals surface area contributed by atoms with Crippen LogP contribution in [0.5, 0.6) is 11.5 Å². The molecule has 2 N–H and O–H groups in total. The number of nitrogens with one attached hydrogen (secondary N) is 2. The van der Waals surface area contributed by atoms with Crippen LogP contribution in [0.1, 0.15) is 42.5 Å². The van der Waals surface area contributed by atoms with Crippen LogP contribution in [-0.2, 0) is 21.5 Å². The fraction of sp³-hybridized carbons (Fsp3) is 0.375. The summed E-state index contributed by atoms with van der Waals surface area (Å²) in [5.41, 5.74) is 1.55. The molecule has 1 aliphatic heterocycles. The molecule has 2 aromatic carbocycles. The number of carbonyl (C=O) groups excluding carboxylic acids is 3. The number of amides is 4. The van der Waals surface area contributed by atoms with E-state index in [-0.39, 0.29) is 18.5 Å². The summed E-state index contributed by atoms with van der Waals surface area (Å²) < 4.78 is 10.6. The summed E-state index contributed by atoms with van der Waals surface area (Å²) in [7, 11) is 3.02. The lowest BCUT2D eigenvalue weighted by Gasteiger charge is -2.27. The van der Waals surface area contributed by atoms with E-state index in [0.29, 0.717) is 17.1 Å². The third-order valence-electron chi connectivity index (χ3n) is 6.24. The van der Waals surface area contributed by atoms with Gasteiger partial charge in [0.2, 0.25) is 5.91 Å². The van der Waals surface area contributed by atoms with Crippen LogP contribution in [0.25, 0.3) is 0 Å². The molecule has 0 saturated carbocycles. The van der Waals surface area contributed by atoms with Crippen molar-refractivity contribution in [3.8, 4) is 11.5 Å². The average molecular weight is 437 g/mol. The van der Waals surface area contributed by atoms with Crippen molar-refractivity contribution >= 4 is 17.8 Å². The lowest BCUT2D eigenvalue weighted by atomic mass is 9.88. The van der Waals surface area contributed by atoms with E-state index >= 15 is 0 Å². The van der Waals surface area contributed by atoms with Crippen LogP contribution in [0.2, 0.25) is 0 Å². The normalized spacial score (nSPS) is 22.2. The molecule has 8 nitrogen and oxygen atoms in total. The Morgan fingerprint density at radius 1 is 1.16 bits per heavy atom. The van der Waals surface area contributed by atoms with Crippen LogP contribution >= 0.6 is 0 Å². The number of benzene rings is 2. The first kappa shape index (κ1) is 21.7. The Kier molecular flexibility index (Phi) is 5.78. The van der Waals surface area contributed by atoms with E-state index in [2.05, 4.69) is 16.7 Å². The molecule has 2 aliphatic rings. The number of rotatable bonds is 6. The summed E-state index contributed by atoms with van der Waals surface area (Å²) in [6.07, 6.45) is 2.79. The fourth-order valence-electron chi connectivity index (χ4n) is 4.47. The molecule has 1 fully saturated rings. The first-order valence-electron chi connectivity index (χ1n) is 10.6. The second kappa shape index (κ2) is 8.53. The molecule has 1 aliphatic carbocycles. The van der Waals surface area contributed by atoms with E-state index in [4.69, 9.17) is 9.47 Å². The number of aryl methyl sites for hydroxylation is 1. The highest BCUT2D eigenvalue weighted by atomic mass is 16.5. The molecular weight excluding hydrogens is 410 g/mol. The second-order valence-electron chi connectivity index (χ2n) is 8.23. The Balaban J connectivity index is 1.49. The van der Waals surface area contributed by atoms with Crippen molar-refractivity contribution in [2.45, 2.75) is 37.8 Å². The van der Waals surface area contributed by atoms with Gasteiger partial charge in [0.25, 0.3) is 5.91 Å². The van der Waals surface area contributed by atoms with E-state index < -0.39 is 17.5 Å². The molecule has 0 unspecified atom stereocenters. The summed E-state index contributed by atoms with van der Waals surface area (Å²) in [5, 5.41) is 5.72. The van der Waals surface area contributed by atoms with E-state index in [1.54, 1.807) is 25.1 Å². The van der Waals surface area contributed by atoms with Crippen molar-refractivity contribution in [2.75, 3.05) is 20.8 Å². The Hall–Kier alpha value is -3.55. The third-order valence-corrected chi connectivity index (χ3v) is 6.24. The number of nitrogens with zero attached hydrogens (tertiary/aromatic N) is 1. The van der Waals surface area contributed by atoms with E-state index in [1.165, 1.54) is 19.8 Å². The number of fused-ring (bicyclic) bond motifs is 1. The van der Waals surface area contributed by atoms with Crippen LogP contribution in [0.4, 0.5) is 4.79 Å². The second-order valence-corrected chi connectivity index (χ2v) is 8.23. The van der Waals surface area contributed by atoms with Crippen molar-refractivity contribution in [1.29, 1.82) is 0 Å². The Bertz CT molecular complexity index is 1070. The summed E-state index contributed by atoms with van der Waals surface area (Å²) in [4.78, 5) is 39.6. The van der Waals surface area contributed by atoms with Crippen molar-refractivity contribution in [2.24, 2.45) is 0 Å². The molecule has 1 heterocycles. The Morgan fingerprint density at radius 3 is 2.66 bits per heavy atom. The molecule has 2 aromatic rings. The van der Waals surface area contributed by atoms with Gasteiger partial charge in [-0.3, -0.25) is 14.5 Å². The SMILES string of the molecule is COc1ccc([C@@]2(C)NC(=O)N(CC(=O)N[C@H]3CCCc4ccccc43)C2=O)cc1OC. The number of ether oxygens (including phenoxy) is 2. The van der Waals surface area contributed by atoms with Gasteiger partial charge in [-0.1, -0.05) is 30.3 Å². The summed E-state index contributed by atoms with van der Waals surface area (Å²) in [6, 6.07) is 12.3. The molecule has 4 rings (SSSR count). The highest BCUT2D eigenvalue weighted by molar-refractivity contribution is 6.09. The van der Waals surface area contributed by atoms with Crippen molar-refractivity contribution in [3.63, 3.8) is 0 Å². The minimum Gasteiger partial charge on any atom is -0.493 e. The quantitative estimate of drug-likeness (QED) is 0.678. The van der Waals surface area contributed by atoms with Gasteiger partial charge in [0.05, 0.1) is 20.3 Å². The van der Waals surface area contributed by atoms with Crippen LogP contribution in [-0.4, -0.2) is 43.5 Å². The zero-order valence-electron chi connectivity index (χ0n) is 18.4. The van der Waals surface area contributed by atoms with Gasteiger partial charge < -0.3 is 20.1 Å². The summed E-state index contributed by atoms with van der Waals surface area (Å²) in [5.74, 6) is 0.0988. The monoisotopic (exact) mass is 437 g/mol. The summed E-state index contributed by atoms with van der Waals surface area (Å²) >= 11 is 0. The van der Waals surface area contributed by atoms with Gasteiger partial charge in [-0.15, -0.1) is 0 Å². The Labute approximate surface area is 186 Å². The topological polar surface area (TPSA) is 97.0 Å². The smallest absolute Gasteiger partial charge is 0.325 e. The minimum atomic E-state index is -1.31. The van der Waals surface area contributed by atoms with Crippen LogP contribution in [0, 0.1) is 0 Å². The van der Waals surface area contributed by atoms with Gasteiger partial charge in [0.15, 0.2) is 11.5 Å². The van der Waals surface area contributed by atoms with Crippen LogP contribution < -0.4 is 20.1 Å². The van der Waals surface area contributed by atoms with Gasteiger partial charge >= 0.3 is 6.03 Å². The maximum absolute atomic E-state index is 13.2. The molecule has 2 atom stereocenters. The van der Waals surface area contributed by atoms with Crippen LogP contribution in [0.3, 0.4) is 0 Å². The van der Waals surface area contributed by atoms with Crippen molar-refractivity contribution < 1.29 is 23.9 Å². The zero-order valence-corrected chi connectivity index (χ0v) is 18.4. The Morgan fingerprint density at radius 2 is 1.91 bits per heavy atom. The van der Waals surface area contributed by atoms with Crippen molar-refractivity contribution in [3.05, 3.63) is 59.2 Å². The van der Waals surface area contributed by atoms with E-state index in [1.807, 2.05) is 18.2 Å². The largest absolute Gasteiger partial charge is 0.493 e. The predicted octanol–water partition coefficient (Wildman–Crippen LogP) is 2.66. The minimum absolute atomic E-state index is 0.120. The number of hydrogen-bond donors (Lipinski definition) is 2. The molecular formula is C24H27N3O5. The molecule has 168 valence electrons. The van der Waals surface area contributed by atoms with Gasteiger partial charge in [-0.2, -0.15) is 0 Å². The van der Waals surface area contributed by atoms with E-state index in [0.717, 1.165) is 29.7 Å². The maximum Gasteiger partial charge on any atom is 0.325 e. The first-order valence-corrected chi connectivity index (χ1v) is 10.6. The third kappa shape index (κ3) is 3.77. The van der Waals surface area contributed by atoms with Gasteiger partial charge in [0.1, 0.15) is 12.1 Å². The van der Waals surface area contributed by atoms with Gasteiger partial charge in [-0.25, -0.2) is 4.79 Å². The highest BCUT2D eigenvalue weighted by Crippen LogP contribution is 2.35. The first-order chi connectivity index (χ1) is 15.4. The van der Waals surface area contributed by atoms with Gasteiger partial charge in [-0.05, 0) is 55.0 Å². The standard InChI is InChI=1S/C24H27N3O5/c1-24(16-11-12-19(31-2)20(13-16)32-3)22(29)27(23(30)26-24)14-21(28)25-18-10-6-8-15-7-4-5-9-17(15)18/h4-5,7,9,11-13,18H,6,8,10,14H2,1-3H3,(H,25,28)(H,26,30)/t18-,24+/m0/s1. The summed E-state index contributed by atoms with van der Waals surface area (Å²) in [6.45, 7) is 1.27. The fourth-order valence-corrected chi connectivity index (χ4v) is 4.47. The molecule has 0 radical (unpaired) electrons. The van der Waals surface area contributed by atoms with Crippen molar-refractivity contribution in [1.82, 2.24) is 15.5 Å². The number of carbonyl (C=O) groups is 3. The highest BCUT2D eigenvalue weighted by Gasteiger charge is 2.49. The molecule has 32 heavy (non-hydrogen) atoms. The predicted molar refractivity (Wildman–Crippen MR) is 117 cm³/mol. The number of imide groups is 1. The van der Waals surface area contributed by atoms with Crippen LogP contribution in [0.15, 0.2) is 42.5 Å². The molecule has 0 aromatic heterocycles. The molecule has 1 saturated heterocycles. The van der Waals surface area contributed by atoms with Gasteiger partial charge in [0, 0.05) is 0 Å². The zero-order chi connectivity index (χ0) is 22.9. The molecule has 4 amide bonds. The number of urea groups is 1. The number of hydrogen-bond acceptors (Lipinski definition) is 5. The lowest BCUT2D eigenvalue weighted by molar-refractivity contribution is -0.135. The molecule has 0 spiro atoms. The molecule has 8 heteroatoms. The average Bonchev–Trinajstić information content (AvgIpc) is 3.02. The number of methoxy groups -OCH3 is 2. The maximum atomic E-state index is 13.2. The van der Waals surface area contributed by atoms with E-state index in [9.17, 15) is 14.4 Å².